The van der Waals surface area contributed by atoms with Crippen molar-refractivity contribution in [3.8, 4) is 0 Å². The Hall–Kier alpha value is -1.86. The second kappa shape index (κ2) is 10.3. The van der Waals surface area contributed by atoms with Gasteiger partial charge in [0.05, 0.1) is 12.3 Å². The highest BCUT2D eigenvalue weighted by atomic mass is 19.1. The molecule has 0 aromatic heterocycles. The van der Waals surface area contributed by atoms with Crippen molar-refractivity contribution >= 4 is 11.6 Å². The first-order chi connectivity index (χ1) is 12.6. The van der Waals surface area contributed by atoms with Crippen LogP contribution in [0.4, 0.5) is 10.1 Å². The summed E-state index contributed by atoms with van der Waals surface area (Å²) in [5.74, 6) is 0.514. The molecular formula is C19H32FN5O. The predicted molar refractivity (Wildman–Crippen MR) is 105 cm³/mol. The molecule has 2 rings (SSSR count). The van der Waals surface area contributed by atoms with Gasteiger partial charge in [0, 0.05) is 52.9 Å². The third kappa shape index (κ3) is 5.85. The standard InChI is InChI=1S/C19H32FN5O/c1-5-24-8-10-25(11-9-24)18-7-6-16(12-17(18)20)13-22-19(21-3)23-15(2)14-26-4/h6-7,12,15H,5,8-11,13-14H2,1-4H3,(H2,21,22,23). The third-order valence-electron chi connectivity index (χ3n) is 4.66. The lowest BCUT2D eigenvalue weighted by molar-refractivity contribution is 0.179. The molecule has 1 fully saturated rings. The Bertz CT molecular complexity index is 587. The average molecular weight is 365 g/mol. The molecule has 0 aliphatic carbocycles. The maximum absolute atomic E-state index is 14.6. The van der Waals surface area contributed by atoms with Gasteiger partial charge in [-0.15, -0.1) is 0 Å². The number of benzene rings is 1. The number of aliphatic imine (C=N–C) groups is 1. The minimum absolute atomic E-state index is 0.145. The van der Waals surface area contributed by atoms with Gasteiger partial charge in [-0.25, -0.2) is 4.39 Å². The largest absolute Gasteiger partial charge is 0.383 e. The second-order valence-corrected chi connectivity index (χ2v) is 6.63. The summed E-state index contributed by atoms with van der Waals surface area (Å²) in [5.41, 5.74) is 1.58. The molecule has 0 amide bonds. The molecule has 1 atom stereocenters. The fourth-order valence-corrected chi connectivity index (χ4v) is 3.13. The fourth-order valence-electron chi connectivity index (χ4n) is 3.13. The van der Waals surface area contributed by atoms with E-state index in [4.69, 9.17) is 4.74 Å². The zero-order valence-corrected chi connectivity index (χ0v) is 16.4. The van der Waals surface area contributed by atoms with E-state index in [-0.39, 0.29) is 11.9 Å². The Labute approximate surface area is 156 Å². The Morgan fingerprint density at radius 3 is 2.62 bits per heavy atom. The van der Waals surface area contributed by atoms with Crippen molar-refractivity contribution in [1.82, 2.24) is 15.5 Å². The van der Waals surface area contributed by atoms with Crippen molar-refractivity contribution in [3.05, 3.63) is 29.6 Å². The molecule has 0 saturated carbocycles. The molecule has 7 heteroatoms. The van der Waals surface area contributed by atoms with E-state index in [9.17, 15) is 4.39 Å². The van der Waals surface area contributed by atoms with Gasteiger partial charge in [0.2, 0.25) is 0 Å². The molecule has 0 radical (unpaired) electrons. The van der Waals surface area contributed by atoms with E-state index in [1.807, 2.05) is 19.1 Å². The quantitative estimate of drug-likeness (QED) is 0.569. The fraction of sp³-hybridized carbons (Fsp3) is 0.632. The van der Waals surface area contributed by atoms with E-state index in [1.54, 1.807) is 20.2 Å². The number of nitrogens with one attached hydrogen (secondary N) is 2. The van der Waals surface area contributed by atoms with Crippen LogP contribution in [0, 0.1) is 5.82 Å². The van der Waals surface area contributed by atoms with Gasteiger partial charge in [-0.2, -0.15) is 0 Å². The molecule has 2 N–H and O–H groups in total. The number of methoxy groups -OCH3 is 1. The molecule has 146 valence electrons. The zero-order chi connectivity index (χ0) is 18.9. The summed E-state index contributed by atoms with van der Waals surface area (Å²) in [7, 11) is 3.38. The highest BCUT2D eigenvalue weighted by Crippen LogP contribution is 2.22. The van der Waals surface area contributed by atoms with Crippen LogP contribution in [0.3, 0.4) is 0 Å². The summed E-state index contributed by atoms with van der Waals surface area (Å²) >= 11 is 0. The van der Waals surface area contributed by atoms with Crippen LogP contribution in [0.2, 0.25) is 0 Å². The molecule has 1 aromatic rings. The molecule has 0 spiro atoms. The number of guanidine groups is 1. The van der Waals surface area contributed by atoms with E-state index in [0.717, 1.165) is 38.3 Å². The van der Waals surface area contributed by atoms with Crippen LogP contribution in [0.15, 0.2) is 23.2 Å². The van der Waals surface area contributed by atoms with Crippen molar-refractivity contribution in [2.75, 3.05) is 58.4 Å². The molecule has 1 heterocycles. The van der Waals surface area contributed by atoms with E-state index in [1.165, 1.54) is 0 Å². The third-order valence-corrected chi connectivity index (χ3v) is 4.66. The zero-order valence-electron chi connectivity index (χ0n) is 16.4. The molecule has 1 saturated heterocycles. The number of piperazine rings is 1. The Balaban J connectivity index is 1.90. The van der Waals surface area contributed by atoms with Crippen LogP contribution in [0.25, 0.3) is 0 Å². The highest BCUT2D eigenvalue weighted by Gasteiger charge is 2.18. The monoisotopic (exact) mass is 365 g/mol. The lowest BCUT2D eigenvalue weighted by Gasteiger charge is -2.35. The van der Waals surface area contributed by atoms with Crippen LogP contribution in [-0.4, -0.2) is 70.4 Å². The first kappa shape index (κ1) is 20.5. The number of nitrogens with zero attached hydrogens (tertiary/aromatic N) is 3. The van der Waals surface area contributed by atoms with Crippen LogP contribution in [0.5, 0.6) is 0 Å². The van der Waals surface area contributed by atoms with Gasteiger partial charge >= 0.3 is 0 Å². The predicted octanol–water partition coefficient (Wildman–Crippen LogP) is 1.67. The Kier molecular flexibility index (Phi) is 8.12. The maximum atomic E-state index is 14.6. The van der Waals surface area contributed by atoms with E-state index < -0.39 is 0 Å². The maximum Gasteiger partial charge on any atom is 0.191 e. The topological polar surface area (TPSA) is 52.1 Å². The number of ether oxygens (including phenoxy) is 1. The first-order valence-electron chi connectivity index (χ1n) is 9.29. The summed E-state index contributed by atoms with van der Waals surface area (Å²) in [5, 5.41) is 6.44. The molecule has 6 nitrogen and oxygen atoms in total. The molecule has 1 aromatic carbocycles. The Morgan fingerprint density at radius 2 is 2.04 bits per heavy atom. The summed E-state index contributed by atoms with van der Waals surface area (Å²) in [4.78, 5) is 8.70. The van der Waals surface area contributed by atoms with Crippen molar-refractivity contribution in [2.24, 2.45) is 4.99 Å². The lowest BCUT2D eigenvalue weighted by Crippen LogP contribution is -2.46. The molecule has 0 bridgehead atoms. The molecule has 1 unspecified atom stereocenters. The Morgan fingerprint density at radius 1 is 1.31 bits per heavy atom. The van der Waals surface area contributed by atoms with Crippen LogP contribution < -0.4 is 15.5 Å². The number of halogens is 1. The van der Waals surface area contributed by atoms with Gasteiger partial charge in [-0.3, -0.25) is 4.99 Å². The smallest absolute Gasteiger partial charge is 0.191 e. The number of hydrogen-bond donors (Lipinski definition) is 2. The van der Waals surface area contributed by atoms with Crippen LogP contribution in [-0.2, 0) is 11.3 Å². The van der Waals surface area contributed by atoms with E-state index in [0.29, 0.717) is 24.8 Å². The van der Waals surface area contributed by atoms with Gasteiger partial charge in [0.1, 0.15) is 5.82 Å². The average Bonchev–Trinajstić information content (AvgIpc) is 2.65. The van der Waals surface area contributed by atoms with E-state index >= 15 is 0 Å². The highest BCUT2D eigenvalue weighted by molar-refractivity contribution is 5.79. The van der Waals surface area contributed by atoms with Crippen molar-refractivity contribution in [3.63, 3.8) is 0 Å². The van der Waals surface area contributed by atoms with Gasteiger partial charge in [-0.05, 0) is 31.2 Å². The normalized spacial score (nSPS) is 17.3. The number of hydrogen-bond acceptors (Lipinski definition) is 4. The van der Waals surface area contributed by atoms with Crippen molar-refractivity contribution in [1.29, 1.82) is 0 Å². The minimum atomic E-state index is -0.162. The van der Waals surface area contributed by atoms with Gasteiger partial charge < -0.3 is 25.2 Å². The van der Waals surface area contributed by atoms with E-state index in [2.05, 4.69) is 32.3 Å². The van der Waals surface area contributed by atoms with Crippen LogP contribution in [0.1, 0.15) is 19.4 Å². The summed E-state index contributed by atoms with van der Waals surface area (Å²) in [6.07, 6.45) is 0. The molecule has 1 aliphatic heterocycles. The number of anilines is 1. The van der Waals surface area contributed by atoms with Crippen LogP contribution >= 0.6 is 0 Å². The summed E-state index contributed by atoms with van der Waals surface area (Å²) < 4.78 is 19.7. The molecule has 26 heavy (non-hydrogen) atoms. The number of rotatable bonds is 7. The summed E-state index contributed by atoms with van der Waals surface area (Å²) in [6, 6.07) is 5.62. The number of likely N-dealkylation sites (N-methyl/N-ethyl adjacent to an activating group) is 1. The van der Waals surface area contributed by atoms with Gasteiger partial charge in [0.25, 0.3) is 0 Å². The summed E-state index contributed by atoms with van der Waals surface area (Å²) in [6.45, 7) is 10.1. The van der Waals surface area contributed by atoms with Crippen molar-refractivity contribution < 1.29 is 9.13 Å². The minimum Gasteiger partial charge on any atom is -0.383 e. The first-order valence-corrected chi connectivity index (χ1v) is 9.29. The van der Waals surface area contributed by atoms with Gasteiger partial charge in [0.15, 0.2) is 5.96 Å². The second-order valence-electron chi connectivity index (χ2n) is 6.63. The molecule has 1 aliphatic rings. The molecular weight excluding hydrogens is 333 g/mol. The van der Waals surface area contributed by atoms with Crippen molar-refractivity contribution in [2.45, 2.75) is 26.4 Å². The lowest BCUT2D eigenvalue weighted by atomic mass is 10.1. The van der Waals surface area contributed by atoms with Gasteiger partial charge in [-0.1, -0.05) is 13.0 Å². The SMILES string of the molecule is CCN1CCN(c2ccc(CNC(=NC)NC(C)COC)cc2F)CC1.